The van der Waals surface area contributed by atoms with Gasteiger partial charge in [-0.2, -0.15) is 11.8 Å². The number of thioether (sulfide) groups is 1. The Morgan fingerprint density at radius 2 is 2.27 bits per heavy atom. The third-order valence-electron chi connectivity index (χ3n) is 2.65. The number of carbonyl (C=O) groups is 1. The molecule has 0 aliphatic heterocycles. The largest absolute Gasteiger partial charge is 0.482 e. The highest BCUT2D eigenvalue weighted by Crippen LogP contribution is 2.27. The Bertz CT molecular complexity index is 607. The molecule has 0 aliphatic rings. The molecule has 0 radical (unpaired) electrons. The van der Waals surface area contributed by atoms with E-state index in [2.05, 4.69) is 21.2 Å². The van der Waals surface area contributed by atoms with Gasteiger partial charge >= 0.3 is 0 Å². The number of hydrogen-bond acceptors (Lipinski definition) is 4. The van der Waals surface area contributed by atoms with E-state index in [0.29, 0.717) is 17.3 Å². The van der Waals surface area contributed by atoms with Gasteiger partial charge in [0.1, 0.15) is 11.5 Å². The van der Waals surface area contributed by atoms with Gasteiger partial charge in [0.05, 0.1) is 17.0 Å². The van der Waals surface area contributed by atoms with Crippen LogP contribution in [0.25, 0.3) is 0 Å². The molecule has 1 aromatic carbocycles. The molecule has 2 aromatic rings. The zero-order chi connectivity index (χ0) is 15.8. The summed E-state index contributed by atoms with van der Waals surface area (Å²) in [6.45, 7) is 0.534. The molecule has 1 N–H and O–H groups in total. The summed E-state index contributed by atoms with van der Waals surface area (Å²) in [5, 5.41) is 3.26. The van der Waals surface area contributed by atoms with Crippen LogP contribution in [0.15, 0.2) is 45.5 Å². The van der Waals surface area contributed by atoms with Crippen LogP contribution in [0.3, 0.4) is 0 Å². The molecule has 1 heterocycles. The Balaban J connectivity index is 1.59. The lowest BCUT2D eigenvalue weighted by molar-refractivity contribution is -0.122. The van der Waals surface area contributed by atoms with E-state index < -0.39 is 0 Å². The Hall–Kier alpha value is -1.11. The highest BCUT2D eigenvalue weighted by Gasteiger charge is 2.06. The van der Waals surface area contributed by atoms with Gasteiger partial charge in [0, 0.05) is 16.8 Å². The molecule has 1 aromatic heterocycles. The lowest BCUT2D eigenvalue weighted by Gasteiger charge is -2.08. The molecule has 2 rings (SSSR count). The molecule has 0 unspecified atom stereocenters. The van der Waals surface area contributed by atoms with Crippen LogP contribution in [0.5, 0.6) is 5.75 Å². The average Bonchev–Trinajstić information content (AvgIpc) is 2.99. The minimum atomic E-state index is -0.169. The van der Waals surface area contributed by atoms with E-state index in [0.717, 1.165) is 21.7 Å². The first-order valence-electron chi connectivity index (χ1n) is 6.60. The summed E-state index contributed by atoms with van der Waals surface area (Å²) in [6.07, 6.45) is 1.66. The maximum Gasteiger partial charge on any atom is 0.257 e. The van der Waals surface area contributed by atoms with Gasteiger partial charge in [-0.1, -0.05) is 27.5 Å². The summed E-state index contributed by atoms with van der Waals surface area (Å²) in [6, 6.07) is 9.05. The molecule has 0 spiro atoms. The van der Waals surface area contributed by atoms with Gasteiger partial charge in [0.2, 0.25) is 0 Å². The second-order valence-corrected chi connectivity index (χ2v) is 6.77. The Labute approximate surface area is 146 Å². The van der Waals surface area contributed by atoms with Crippen molar-refractivity contribution in [1.82, 2.24) is 5.32 Å². The number of amides is 1. The van der Waals surface area contributed by atoms with Crippen molar-refractivity contribution >= 4 is 45.2 Å². The number of rotatable bonds is 8. The van der Waals surface area contributed by atoms with Gasteiger partial charge in [-0.25, -0.2) is 0 Å². The van der Waals surface area contributed by atoms with Crippen LogP contribution < -0.4 is 10.1 Å². The molecule has 0 bridgehead atoms. The highest BCUT2D eigenvalue weighted by atomic mass is 79.9. The van der Waals surface area contributed by atoms with E-state index in [-0.39, 0.29) is 12.5 Å². The monoisotopic (exact) mass is 403 g/mol. The summed E-state index contributed by atoms with van der Waals surface area (Å²) in [4.78, 5) is 11.7. The van der Waals surface area contributed by atoms with E-state index in [4.69, 9.17) is 20.8 Å². The fourth-order valence-electron chi connectivity index (χ4n) is 1.62. The second-order valence-electron chi connectivity index (χ2n) is 4.35. The summed E-state index contributed by atoms with van der Waals surface area (Å²) in [5.74, 6) is 2.87. The van der Waals surface area contributed by atoms with Crippen molar-refractivity contribution in [2.75, 3.05) is 18.9 Å². The molecule has 0 saturated heterocycles. The third kappa shape index (κ3) is 5.94. The Morgan fingerprint density at radius 1 is 1.41 bits per heavy atom. The van der Waals surface area contributed by atoms with Crippen molar-refractivity contribution in [2.24, 2.45) is 0 Å². The maximum absolute atomic E-state index is 11.7. The molecule has 4 nitrogen and oxygen atoms in total. The number of carbonyl (C=O) groups excluding carboxylic acids is 1. The number of halogens is 2. The second kappa shape index (κ2) is 9.12. The van der Waals surface area contributed by atoms with Crippen LogP contribution in [0.2, 0.25) is 5.02 Å². The highest BCUT2D eigenvalue weighted by molar-refractivity contribution is 9.10. The van der Waals surface area contributed by atoms with E-state index >= 15 is 0 Å². The topological polar surface area (TPSA) is 51.5 Å². The zero-order valence-corrected chi connectivity index (χ0v) is 14.8. The maximum atomic E-state index is 11.7. The predicted molar refractivity (Wildman–Crippen MR) is 92.5 cm³/mol. The minimum absolute atomic E-state index is 0.0514. The summed E-state index contributed by atoms with van der Waals surface area (Å²) in [5.41, 5.74) is 0. The Morgan fingerprint density at radius 3 is 3.00 bits per heavy atom. The van der Waals surface area contributed by atoms with Crippen LogP contribution >= 0.6 is 39.3 Å². The molecule has 7 heteroatoms. The van der Waals surface area contributed by atoms with Crippen LogP contribution in [0.4, 0.5) is 0 Å². The molecule has 0 fully saturated rings. The zero-order valence-electron chi connectivity index (χ0n) is 11.7. The normalized spacial score (nSPS) is 10.5. The number of ether oxygens (including phenoxy) is 1. The van der Waals surface area contributed by atoms with Crippen molar-refractivity contribution in [3.05, 3.63) is 51.9 Å². The van der Waals surface area contributed by atoms with E-state index in [1.54, 1.807) is 30.2 Å². The smallest absolute Gasteiger partial charge is 0.257 e. The van der Waals surface area contributed by atoms with Gasteiger partial charge in [0.15, 0.2) is 6.61 Å². The van der Waals surface area contributed by atoms with E-state index in [9.17, 15) is 4.79 Å². The van der Waals surface area contributed by atoms with Crippen LogP contribution in [-0.4, -0.2) is 24.8 Å². The SMILES string of the molecule is O=C(COc1ccc(Br)cc1Cl)NCCSCc1ccco1. The van der Waals surface area contributed by atoms with Crippen LogP contribution in [-0.2, 0) is 10.5 Å². The molecule has 1 amide bonds. The molecule has 22 heavy (non-hydrogen) atoms. The van der Waals surface area contributed by atoms with Gasteiger partial charge < -0.3 is 14.5 Å². The number of benzene rings is 1. The summed E-state index contributed by atoms with van der Waals surface area (Å²) < 4.78 is 11.5. The standard InChI is InChI=1S/C15H15BrClNO3S/c16-11-3-4-14(13(17)8-11)21-9-15(19)18-5-7-22-10-12-2-1-6-20-12/h1-4,6,8H,5,7,9-10H2,(H,18,19). The van der Waals surface area contributed by atoms with Crippen LogP contribution in [0.1, 0.15) is 5.76 Å². The summed E-state index contributed by atoms with van der Waals surface area (Å²) >= 11 is 11.0. The van der Waals surface area contributed by atoms with E-state index in [1.807, 2.05) is 18.2 Å². The fraction of sp³-hybridized carbons (Fsp3) is 0.267. The number of furan rings is 1. The summed E-state index contributed by atoms with van der Waals surface area (Å²) in [7, 11) is 0. The lowest BCUT2D eigenvalue weighted by atomic mass is 10.3. The first-order valence-corrected chi connectivity index (χ1v) is 8.92. The first kappa shape index (κ1) is 17.2. The lowest BCUT2D eigenvalue weighted by Crippen LogP contribution is -2.30. The third-order valence-corrected chi connectivity index (χ3v) is 4.42. The van der Waals surface area contributed by atoms with Crippen molar-refractivity contribution in [2.45, 2.75) is 5.75 Å². The molecule has 118 valence electrons. The van der Waals surface area contributed by atoms with Gasteiger partial charge in [-0.3, -0.25) is 4.79 Å². The average molecular weight is 405 g/mol. The molecule has 0 aliphatic carbocycles. The van der Waals surface area contributed by atoms with Gasteiger partial charge in [0.25, 0.3) is 5.91 Å². The van der Waals surface area contributed by atoms with Crippen molar-refractivity contribution in [1.29, 1.82) is 0 Å². The van der Waals surface area contributed by atoms with Gasteiger partial charge in [-0.05, 0) is 30.3 Å². The number of nitrogens with one attached hydrogen (secondary N) is 1. The van der Waals surface area contributed by atoms with E-state index in [1.165, 1.54) is 0 Å². The van der Waals surface area contributed by atoms with Crippen LogP contribution in [0, 0.1) is 0 Å². The van der Waals surface area contributed by atoms with Crippen molar-refractivity contribution < 1.29 is 13.9 Å². The minimum Gasteiger partial charge on any atom is -0.482 e. The molecular weight excluding hydrogens is 390 g/mol. The quantitative estimate of drug-likeness (QED) is 0.672. The molecular formula is C15H15BrClNO3S. The van der Waals surface area contributed by atoms with Gasteiger partial charge in [-0.15, -0.1) is 0 Å². The Kier molecular flexibility index (Phi) is 7.15. The molecule has 0 saturated carbocycles. The predicted octanol–water partition coefficient (Wildman–Crippen LogP) is 4.12. The molecule has 0 atom stereocenters. The van der Waals surface area contributed by atoms with Crippen molar-refractivity contribution in [3.63, 3.8) is 0 Å². The fourth-order valence-corrected chi connectivity index (χ4v) is 3.10. The number of hydrogen-bond donors (Lipinski definition) is 1. The van der Waals surface area contributed by atoms with Crippen molar-refractivity contribution in [3.8, 4) is 5.75 Å². The first-order chi connectivity index (χ1) is 10.6.